The smallest absolute Gasteiger partial charge is 0.236 e. The van der Waals surface area contributed by atoms with Gasteiger partial charge in [0.1, 0.15) is 0 Å². The number of rotatable bonds is 8. The Bertz CT molecular complexity index is 578. The molecule has 0 aliphatic carbocycles. The minimum Gasteiger partial charge on any atom is -0.342 e. The number of benzene rings is 2. The van der Waals surface area contributed by atoms with Gasteiger partial charge in [-0.2, -0.15) is 0 Å². The van der Waals surface area contributed by atoms with Crippen molar-refractivity contribution in [2.75, 3.05) is 12.9 Å². The zero-order valence-electron chi connectivity index (χ0n) is 16.5. The summed E-state index contributed by atoms with van der Waals surface area (Å²) in [6, 6.07) is 22.0. The molecule has 1 saturated heterocycles. The molecule has 0 radical (unpaired) electrons. The predicted octanol–water partition coefficient (Wildman–Crippen LogP) is 4.89. The van der Waals surface area contributed by atoms with Gasteiger partial charge in [0.2, 0.25) is 13.7 Å². The van der Waals surface area contributed by atoms with Gasteiger partial charge >= 0.3 is 0 Å². The van der Waals surface area contributed by atoms with Crippen LogP contribution in [-0.2, 0) is 13.1 Å². The molecule has 0 N–H and O–H groups in total. The Hall–Kier alpha value is -1.51. The van der Waals surface area contributed by atoms with Crippen LogP contribution in [0.4, 0.5) is 0 Å². The molecule has 26 heavy (non-hydrogen) atoms. The van der Waals surface area contributed by atoms with Crippen LogP contribution in [0.5, 0.6) is 0 Å². The van der Waals surface area contributed by atoms with E-state index in [-0.39, 0.29) is 0 Å². The average Bonchev–Trinajstić information content (AvgIpc) is 2.67. The highest BCUT2D eigenvalue weighted by Gasteiger charge is 2.37. The molecule has 0 unspecified atom stereocenters. The Labute approximate surface area is 160 Å². The second-order valence-corrected chi connectivity index (χ2v) is 7.72. The first-order chi connectivity index (χ1) is 12.8. The molecule has 136 valence electrons. The lowest BCUT2D eigenvalue weighted by Crippen LogP contribution is -2.62. The molecule has 3 rings (SSSR count). The van der Waals surface area contributed by atoms with Gasteiger partial charge in [0.05, 0.1) is 0 Å². The number of hydrogen-bond acceptors (Lipinski definition) is 2. The third-order valence-corrected chi connectivity index (χ3v) is 5.62. The van der Waals surface area contributed by atoms with Crippen molar-refractivity contribution in [3.63, 3.8) is 0 Å². The Morgan fingerprint density at radius 2 is 1.04 bits per heavy atom. The highest BCUT2D eigenvalue weighted by molar-refractivity contribution is 6.65. The average molecular weight is 346 g/mol. The topological polar surface area (TPSA) is 6.48 Å². The molecule has 2 aromatic carbocycles. The maximum absolute atomic E-state index is 2.75. The summed E-state index contributed by atoms with van der Waals surface area (Å²) < 4.78 is 0. The third kappa shape index (κ3) is 5.25. The quantitative estimate of drug-likeness (QED) is 0.628. The molecule has 1 fully saturated rings. The summed E-state index contributed by atoms with van der Waals surface area (Å²) in [7, 11) is 0. The van der Waals surface area contributed by atoms with Crippen molar-refractivity contribution in [2.24, 2.45) is 0 Å². The van der Waals surface area contributed by atoms with E-state index in [0.717, 1.165) is 13.1 Å². The van der Waals surface area contributed by atoms with Gasteiger partial charge in [-0.15, -0.1) is 0 Å². The van der Waals surface area contributed by atoms with E-state index in [0.29, 0.717) is 13.7 Å². The summed E-state index contributed by atoms with van der Waals surface area (Å²) in [6.45, 7) is 8.14. The van der Waals surface area contributed by atoms with E-state index in [9.17, 15) is 0 Å². The van der Waals surface area contributed by atoms with Crippen LogP contribution < -0.4 is 0 Å². The van der Waals surface area contributed by atoms with Crippen molar-refractivity contribution < 1.29 is 0 Å². The molecule has 1 heterocycles. The minimum atomic E-state index is 0.664. The van der Waals surface area contributed by atoms with E-state index in [1.165, 1.54) is 49.5 Å². The van der Waals surface area contributed by atoms with E-state index in [1.807, 2.05) is 0 Å². The Balaban J connectivity index is 1.73. The third-order valence-electron chi connectivity index (χ3n) is 5.62. The molecule has 0 saturated carbocycles. The monoisotopic (exact) mass is 346 g/mol. The van der Waals surface area contributed by atoms with Gasteiger partial charge in [0, 0.05) is 13.1 Å². The van der Waals surface area contributed by atoms with Gasteiger partial charge in [-0.05, 0) is 24.0 Å². The predicted molar refractivity (Wildman–Crippen MR) is 115 cm³/mol. The second kappa shape index (κ2) is 9.99. The van der Waals surface area contributed by atoms with E-state index in [1.54, 1.807) is 0 Å². The van der Waals surface area contributed by atoms with Crippen LogP contribution in [-0.4, -0.2) is 36.2 Å². The molecule has 1 aliphatic heterocycles. The molecule has 0 spiro atoms. The lowest BCUT2D eigenvalue weighted by molar-refractivity contribution is 0.379. The first-order valence-corrected chi connectivity index (χ1v) is 10.4. The molecule has 4 heteroatoms. The molecular weight excluding hydrogens is 314 g/mol. The van der Waals surface area contributed by atoms with E-state index in [2.05, 4.69) is 84.1 Å². The second-order valence-electron chi connectivity index (χ2n) is 7.72. The van der Waals surface area contributed by atoms with E-state index >= 15 is 0 Å². The molecule has 0 amide bonds. The van der Waals surface area contributed by atoms with E-state index < -0.39 is 0 Å². The van der Waals surface area contributed by atoms with Crippen LogP contribution in [0.15, 0.2) is 60.7 Å². The summed E-state index contributed by atoms with van der Waals surface area (Å²) in [6.07, 6.45) is 7.48. The zero-order chi connectivity index (χ0) is 18.2. The molecule has 0 bridgehead atoms. The summed E-state index contributed by atoms with van der Waals surface area (Å²) in [5.41, 5.74) is 2.89. The molecule has 0 atom stereocenters. The highest BCUT2D eigenvalue weighted by atomic mass is 15.2. The van der Waals surface area contributed by atoms with Crippen molar-refractivity contribution >= 4 is 13.7 Å². The van der Waals surface area contributed by atoms with Crippen molar-refractivity contribution in [1.29, 1.82) is 0 Å². The van der Waals surface area contributed by atoms with Gasteiger partial charge < -0.3 is 9.62 Å². The first-order valence-electron chi connectivity index (χ1n) is 10.4. The fourth-order valence-corrected chi connectivity index (χ4v) is 4.31. The Morgan fingerprint density at radius 1 is 0.654 bits per heavy atom. The lowest BCUT2D eigenvalue weighted by Gasteiger charge is -2.44. The maximum atomic E-state index is 2.75. The van der Waals surface area contributed by atoms with Gasteiger partial charge in [-0.1, -0.05) is 100.0 Å². The molecule has 2 nitrogen and oxygen atoms in total. The zero-order valence-corrected chi connectivity index (χ0v) is 16.5. The van der Waals surface area contributed by atoms with Crippen LogP contribution in [0, 0.1) is 0 Å². The van der Waals surface area contributed by atoms with Crippen LogP contribution in [0.25, 0.3) is 0 Å². The van der Waals surface area contributed by atoms with Crippen molar-refractivity contribution in [3.8, 4) is 0 Å². The standard InChI is InChI=1S/C22H32B2N2/c1-3-15-23-19-26(18-22-13-9-6-10-14-22)24(16-4-2)20-25(23)17-21-11-7-5-8-12-21/h5-14H,3-4,15-20H2,1-2H3. The SMILES string of the molecule is CCCB1CN(Cc2ccccc2)B(CCC)CN1Cc1ccccc1. The van der Waals surface area contributed by atoms with Gasteiger partial charge in [0.25, 0.3) is 0 Å². The molecule has 0 aromatic heterocycles. The molecule has 2 aromatic rings. The highest BCUT2D eigenvalue weighted by Crippen LogP contribution is 2.22. The molecular formula is C22H32B2N2. The number of hydrogen-bond donors (Lipinski definition) is 0. The summed E-state index contributed by atoms with van der Waals surface area (Å²) in [5, 5.41) is 0. The fourth-order valence-electron chi connectivity index (χ4n) is 4.31. The Morgan fingerprint density at radius 3 is 1.38 bits per heavy atom. The van der Waals surface area contributed by atoms with E-state index in [4.69, 9.17) is 0 Å². The largest absolute Gasteiger partial charge is 0.342 e. The lowest BCUT2D eigenvalue weighted by atomic mass is 9.43. The summed E-state index contributed by atoms with van der Waals surface area (Å²) >= 11 is 0. The van der Waals surface area contributed by atoms with Gasteiger partial charge in [-0.3, -0.25) is 0 Å². The van der Waals surface area contributed by atoms with Crippen LogP contribution in [0.1, 0.15) is 37.8 Å². The fraction of sp³-hybridized carbons (Fsp3) is 0.455. The van der Waals surface area contributed by atoms with Crippen LogP contribution in [0.3, 0.4) is 0 Å². The van der Waals surface area contributed by atoms with Crippen molar-refractivity contribution in [2.45, 2.75) is 52.4 Å². The van der Waals surface area contributed by atoms with Crippen LogP contribution in [0.2, 0.25) is 12.6 Å². The van der Waals surface area contributed by atoms with Gasteiger partial charge in [0.15, 0.2) is 0 Å². The Kier molecular flexibility index (Phi) is 7.40. The van der Waals surface area contributed by atoms with Crippen LogP contribution >= 0.6 is 0 Å². The summed E-state index contributed by atoms with van der Waals surface area (Å²) in [5.74, 6) is 0. The molecule has 1 aliphatic rings. The van der Waals surface area contributed by atoms with Crippen molar-refractivity contribution in [3.05, 3.63) is 71.8 Å². The normalized spacial score (nSPS) is 16.2. The maximum Gasteiger partial charge on any atom is 0.236 e. The number of nitrogens with zero attached hydrogens (tertiary/aromatic N) is 2. The van der Waals surface area contributed by atoms with Crippen molar-refractivity contribution in [1.82, 2.24) is 9.62 Å². The first kappa shape index (κ1) is 19.3. The van der Waals surface area contributed by atoms with Gasteiger partial charge in [-0.25, -0.2) is 0 Å². The minimum absolute atomic E-state index is 0.664. The summed E-state index contributed by atoms with van der Waals surface area (Å²) in [4.78, 5) is 5.50.